The van der Waals surface area contributed by atoms with E-state index < -0.39 is 5.79 Å². The van der Waals surface area contributed by atoms with Crippen LogP contribution in [0, 0.1) is 5.92 Å². The Bertz CT molecular complexity index is 215. The summed E-state index contributed by atoms with van der Waals surface area (Å²) in [7, 11) is 0. The normalized spacial score (nSPS) is 52.2. The lowest BCUT2D eigenvalue weighted by Gasteiger charge is -2.34. The summed E-state index contributed by atoms with van der Waals surface area (Å²) in [5, 5.41) is 0. The molecule has 0 bridgehead atoms. The van der Waals surface area contributed by atoms with Crippen molar-refractivity contribution in [1.29, 1.82) is 0 Å². The molecule has 2 fully saturated rings. The van der Waals surface area contributed by atoms with Gasteiger partial charge in [0, 0.05) is 12.6 Å². The molecular weight excluding hydrogens is 152 g/mol. The van der Waals surface area contributed by atoms with E-state index in [-0.39, 0.29) is 5.54 Å². The molecule has 1 heterocycles. The first-order valence-electron chi connectivity index (χ1n) is 4.53. The molecular formula is C8H18N4. The molecule has 1 saturated heterocycles. The van der Waals surface area contributed by atoms with Crippen LogP contribution < -0.4 is 17.2 Å². The topological polar surface area (TPSA) is 81.1 Å². The first kappa shape index (κ1) is 8.44. The average Bonchev–Trinajstić information content (AvgIpc) is 2.76. The number of nitrogens with zero attached hydrogens (tertiary/aromatic N) is 1. The van der Waals surface area contributed by atoms with Crippen molar-refractivity contribution in [3.8, 4) is 0 Å². The van der Waals surface area contributed by atoms with Crippen LogP contribution in [-0.2, 0) is 0 Å². The van der Waals surface area contributed by atoms with Crippen LogP contribution in [0.1, 0.15) is 20.3 Å². The first-order chi connectivity index (χ1) is 5.39. The van der Waals surface area contributed by atoms with Gasteiger partial charge in [0.2, 0.25) is 0 Å². The van der Waals surface area contributed by atoms with Crippen molar-refractivity contribution in [1.82, 2.24) is 4.90 Å². The van der Waals surface area contributed by atoms with Gasteiger partial charge in [-0.25, -0.2) is 0 Å². The molecule has 0 spiro atoms. The van der Waals surface area contributed by atoms with Crippen molar-refractivity contribution < 1.29 is 0 Å². The van der Waals surface area contributed by atoms with Crippen LogP contribution in [0.2, 0.25) is 0 Å². The number of hydrogen-bond donors (Lipinski definition) is 3. The minimum absolute atomic E-state index is 0.349. The van der Waals surface area contributed by atoms with E-state index in [1.165, 1.54) is 0 Å². The van der Waals surface area contributed by atoms with Crippen LogP contribution in [0.4, 0.5) is 0 Å². The van der Waals surface area contributed by atoms with E-state index in [1.54, 1.807) is 0 Å². The van der Waals surface area contributed by atoms with Crippen LogP contribution in [0.5, 0.6) is 0 Å². The average molecular weight is 170 g/mol. The molecule has 12 heavy (non-hydrogen) atoms. The summed E-state index contributed by atoms with van der Waals surface area (Å²) in [5.41, 5.74) is 17.8. The van der Waals surface area contributed by atoms with E-state index in [0.29, 0.717) is 12.0 Å². The van der Waals surface area contributed by atoms with Crippen molar-refractivity contribution in [2.45, 2.75) is 37.6 Å². The maximum absolute atomic E-state index is 6.08. The van der Waals surface area contributed by atoms with Crippen molar-refractivity contribution in [2.75, 3.05) is 6.54 Å². The summed E-state index contributed by atoms with van der Waals surface area (Å²) < 4.78 is 0. The van der Waals surface area contributed by atoms with Crippen LogP contribution in [0.3, 0.4) is 0 Å². The van der Waals surface area contributed by atoms with E-state index >= 15 is 0 Å². The predicted molar refractivity (Wildman–Crippen MR) is 48.0 cm³/mol. The van der Waals surface area contributed by atoms with Gasteiger partial charge in [0.1, 0.15) is 5.79 Å². The van der Waals surface area contributed by atoms with Gasteiger partial charge in [-0.2, -0.15) is 0 Å². The monoisotopic (exact) mass is 170 g/mol. The molecule has 1 aliphatic heterocycles. The zero-order chi connectivity index (χ0) is 9.15. The molecule has 4 atom stereocenters. The second-order valence-electron chi connectivity index (χ2n) is 4.47. The quantitative estimate of drug-likeness (QED) is 0.367. The molecule has 2 aliphatic rings. The molecule has 70 valence electrons. The lowest BCUT2D eigenvalue weighted by molar-refractivity contribution is 0.160. The first-order valence-corrected chi connectivity index (χ1v) is 4.53. The van der Waals surface area contributed by atoms with Crippen molar-refractivity contribution in [2.24, 2.45) is 23.1 Å². The van der Waals surface area contributed by atoms with Crippen molar-refractivity contribution in [3.05, 3.63) is 0 Å². The maximum atomic E-state index is 6.08. The highest BCUT2D eigenvalue weighted by atomic mass is 15.5. The lowest BCUT2D eigenvalue weighted by atomic mass is 10.1. The van der Waals surface area contributed by atoms with E-state index in [9.17, 15) is 0 Å². The molecule has 4 unspecified atom stereocenters. The lowest BCUT2D eigenvalue weighted by Crippen LogP contribution is -2.70. The van der Waals surface area contributed by atoms with Crippen molar-refractivity contribution in [3.63, 3.8) is 0 Å². The van der Waals surface area contributed by atoms with Gasteiger partial charge in [0.05, 0.1) is 5.54 Å². The molecule has 4 nitrogen and oxygen atoms in total. The van der Waals surface area contributed by atoms with E-state index in [1.807, 2.05) is 0 Å². The second-order valence-corrected chi connectivity index (χ2v) is 4.47. The number of rotatable bonds is 2. The highest BCUT2D eigenvalue weighted by Gasteiger charge is 2.64. The maximum Gasteiger partial charge on any atom is 0.140 e. The van der Waals surface area contributed by atoms with Crippen molar-refractivity contribution >= 4 is 0 Å². The summed E-state index contributed by atoms with van der Waals surface area (Å²) in [6.07, 6.45) is 0.948. The summed E-state index contributed by atoms with van der Waals surface area (Å²) in [6.45, 7) is 5.20. The molecule has 6 N–H and O–H groups in total. The highest BCUT2D eigenvalue weighted by Crippen LogP contribution is 2.48. The Labute approximate surface area is 73.1 Å². The Balaban J connectivity index is 2.11. The smallest absolute Gasteiger partial charge is 0.140 e. The van der Waals surface area contributed by atoms with Gasteiger partial charge in [-0.1, -0.05) is 6.92 Å². The Morgan fingerprint density at radius 3 is 2.08 bits per heavy atom. The standard InChI is InChI=1S/C8H18N4/c1-5-3-7(5,9)8(10,11)12-4-6(12)2/h5-6H,3-4,9-11H2,1-2H3. The summed E-state index contributed by atoms with van der Waals surface area (Å²) in [6, 6.07) is 0.508. The fourth-order valence-electron chi connectivity index (χ4n) is 2.03. The Kier molecular flexibility index (Phi) is 1.41. The zero-order valence-electron chi connectivity index (χ0n) is 7.75. The molecule has 0 aromatic heterocycles. The molecule has 1 saturated carbocycles. The molecule has 1 aliphatic carbocycles. The Hall–Kier alpha value is -0.160. The molecule has 2 rings (SSSR count). The van der Waals surface area contributed by atoms with Gasteiger partial charge in [0.15, 0.2) is 0 Å². The molecule has 0 amide bonds. The van der Waals surface area contributed by atoms with E-state index in [2.05, 4.69) is 18.7 Å². The SMILES string of the molecule is CC1CN1C(N)(N)C1(N)CC1C. The molecule has 4 heteroatoms. The zero-order valence-corrected chi connectivity index (χ0v) is 7.75. The summed E-state index contributed by atoms with van der Waals surface area (Å²) in [5.74, 6) is -0.327. The van der Waals surface area contributed by atoms with Gasteiger partial charge in [-0.15, -0.1) is 0 Å². The molecule has 0 aromatic carbocycles. The summed E-state index contributed by atoms with van der Waals surface area (Å²) in [4.78, 5) is 2.07. The fraction of sp³-hybridized carbons (Fsp3) is 1.00. The number of hydrogen-bond acceptors (Lipinski definition) is 4. The van der Waals surface area contributed by atoms with E-state index in [0.717, 1.165) is 13.0 Å². The molecule has 0 radical (unpaired) electrons. The fourth-order valence-corrected chi connectivity index (χ4v) is 2.03. The summed E-state index contributed by atoms with van der Waals surface area (Å²) >= 11 is 0. The minimum atomic E-state index is -0.786. The predicted octanol–water partition coefficient (Wildman–Crippen LogP) is -1.00. The Morgan fingerprint density at radius 1 is 1.42 bits per heavy atom. The molecule has 0 aromatic rings. The van der Waals surface area contributed by atoms with Crippen LogP contribution >= 0.6 is 0 Å². The third kappa shape index (κ3) is 0.864. The van der Waals surface area contributed by atoms with Crippen LogP contribution in [0.25, 0.3) is 0 Å². The van der Waals surface area contributed by atoms with Crippen LogP contribution in [0.15, 0.2) is 0 Å². The van der Waals surface area contributed by atoms with Gasteiger partial charge in [0.25, 0.3) is 0 Å². The number of nitrogens with two attached hydrogens (primary N) is 3. The second kappa shape index (κ2) is 2.01. The van der Waals surface area contributed by atoms with Gasteiger partial charge < -0.3 is 5.73 Å². The Morgan fingerprint density at radius 2 is 1.83 bits per heavy atom. The minimum Gasteiger partial charge on any atom is -0.321 e. The van der Waals surface area contributed by atoms with Gasteiger partial charge in [-0.3, -0.25) is 16.4 Å². The van der Waals surface area contributed by atoms with Gasteiger partial charge in [-0.05, 0) is 19.3 Å². The third-order valence-electron chi connectivity index (χ3n) is 3.44. The largest absolute Gasteiger partial charge is 0.321 e. The highest BCUT2D eigenvalue weighted by molar-refractivity contribution is 5.20. The van der Waals surface area contributed by atoms with E-state index in [4.69, 9.17) is 17.2 Å². The third-order valence-corrected chi connectivity index (χ3v) is 3.44. The van der Waals surface area contributed by atoms with Crippen LogP contribution in [-0.4, -0.2) is 28.8 Å². The van der Waals surface area contributed by atoms with Gasteiger partial charge >= 0.3 is 0 Å².